The maximum atomic E-state index is 12.1. The lowest BCUT2D eigenvalue weighted by atomic mass is 9.88. The van der Waals surface area contributed by atoms with Gasteiger partial charge in [0, 0.05) is 5.92 Å². The second-order valence-corrected chi connectivity index (χ2v) is 6.02. The molecule has 0 aliphatic heterocycles. The van der Waals surface area contributed by atoms with Gasteiger partial charge in [0.1, 0.15) is 18.4 Å². The van der Waals surface area contributed by atoms with E-state index in [2.05, 4.69) is 5.32 Å². The van der Waals surface area contributed by atoms with Gasteiger partial charge in [-0.25, -0.2) is 4.79 Å². The van der Waals surface area contributed by atoms with Crippen molar-refractivity contribution in [2.75, 3.05) is 7.11 Å². The molecule has 1 aliphatic rings. The first kappa shape index (κ1) is 17.3. The minimum Gasteiger partial charge on any atom is -0.497 e. The lowest BCUT2D eigenvalue weighted by molar-refractivity contribution is -0.149. The lowest BCUT2D eigenvalue weighted by Gasteiger charge is -2.22. The third-order valence-electron chi connectivity index (χ3n) is 4.23. The van der Waals surface area contributed by atoms with Crippen LogP contribution in [0.4, 0.5) is 0 Å². The first-order valence-corrected chi connectivity index (χ1v) is 8.20. The predicted molar refractivity (Wildman–Crippen MR) is 87.0 cm³/mol. The van der Waals surface area contributed by atoms with Crippen LogP contribution in [0.1, 0.15) is 44.6 Å². The Morgan fingerprint density at radius 3 is 2.43 bits per heavy atom. The van der Waals surface area contributed by atoms with Gasteiger partial charge in [-0.2, -0.15) is 0 Å². The van der Waals surface area contributed by atoms with Gasteiger partial charge < -0.3 is 14.8 Å². The molecule has 126 valence electrons. The monoisotopic (exact) mass is 319 g/mol. The zero-order chi connectivity index (χ0) is 16.7. The zero-order valence-corrected chi connectivity index (χ0v) is 13.8. The number of esters is 1. The molecule has 1 aromatic carbocycles. The van der Waals surface area contributed by atoms with Crippen molar-refractivity contribution in [1.29, 1.82) is 0 Å². The molecule has 0 saturated heterocycles. The summed E-state index contributed by atoms with van der Waals surface area (Å²) in [6.45, 7) is 1.85. The minimum absolute atomic E-state index is 0.0291. The fraction of sp³-hybridized carbons (Fsp3) is 0.556. The van der Waals surface area contributed by atoms with E-state index in [1.165, 1.54) is 6.42 Å². The number of hydrogen-bond acceptors (Lipinski definition) is 4. The number of carbonyl (C=O) groups excluding carboxylic acids is 2. The van der Waals surface area contributed by atoms with E-state index in [0.29, 0.717) is 0 Å². The van der Waals surface area contributed by atoms with Gasteiger partial charge in [-0.15, -0.1) is 0 Å². The normalized spacial score (nSPS) is 16.4. The molecule has 0 aromatic heterocycles. The van der Waals surface area contributed by atoms with E-state index in [-0.39, 0.29) is 18.4 Å². The van der Waals surface area contributed by atoms with Crippen molar-refractivity contribution in [3.63, 3.8) is 0 Å². The van der Waals surface area contributed by atoms with Gasteiger partial charge in [-0.3, -0.25) is 4.79 Å². The van der Waals surface area contributed by atoms with E-state index in [4.69, 9.17) is 9.47 Å². The molecule has 1 N–H and O–H groups in total. The van der Waals surface area contributed by atoms with Crippen LogP contribution in [0.5, 0.6) is 5.75 Å². The molecule has 1 aliphatic carbocycles. The molecule has 0 radical (unpaired) electrons. The van der Waals surface area contributed by atoms with Gasteiger partial charge in [0.25, 0.3) is 0 Å². The predicted octanol–water partition coefficient (Wildman–Crippen LogP) is 2.82. The molecule has 1 amide bonds. The number of nitrogens with one attached hydrogen (secondary N) is 1. The van der Waals surface area contributed by atoms with Crippen molar-refractivity contribution < 1.29 is 19.1 Å². The molecule has 0 spiro atoms. The van der Waals surface area contributed by atoms with Gasteiger partial charge in [-0.1, -0.05) is 31.4 Å². The largest absolute Gasteiger partial charge is 0.497 e. The summed E-state index contributed by atoms with van der Waals surface area (Å²) in [5.74, 6) is 0.359. The van der Waals surface area contributed by atoms with Gasteiger partial charge in [0.15, 0.2) is 0 Å². The van der Waals surface area contributed by atoms with Crippen LogP contribution >= 0.6 is 0 Å². The van der Waals surface area contributed by atoms with Crippen LogP contribution < -0.4 is 10.1 Å². The Kier molecular flexibility index (Phi) is 6.44. The molecular formula is C18H25NO4. The van der Waals surface area contributed by atoms with Crippen LogP contribution in [0.15, 0.2) is 24.3 Å². The third kappa shape index (κ3) is 5.27. The van der Waals surface area contributed by atoms with Gasteiger partial charge in [0.2, 0.25) is 5.91 Å². The number of amides is 1. The van der Waals surface area contributed by atoms with Gasteiger partial charge in [0.05, 0.1) is 7.11 Å². The number of methoxy groups -OCH3 is 1. The molecule has 1 unspecified atom stereocenters. The maximum absolute atomic E-state index is 12.1. The summed E-state index contributed by atoms with van der Waals surface area (Å²) in [5.41, 5.74) is 0.880. The Morgan fingerprint density at radius 2 is 1.83 bits per heavy atom. The van der Waals surface area contributed by atoms with Crippen LogP contribution in [0, 0.1) is 5.92 Å². The van der Waals surface area contributed by atoms with E-state index in [9.17, 15) is 9.59 Å². The highest BCUT2D eigenvalue weighted by molar-refractivity contribution is 5.85. The van der Waals surface area contributed by atoms with E-state index in [1.807, 2.05) is 24.3 Å². The number of carbonyl (C=O) groups is 2. The van der Waals surface area contributed by atoms with Crippen molar-refractivity contribution in [1.82, 2.24) is 5.32 Å². The second kappa shape index (κ2) is 8.56. The molecule has 1 fully saturated rings. The topological polar surface area (TPSA) is 64.6 Å². The van der Waals surface area contributed by atoms with E-state index in [0.717, 1.165) is 37.0 Å². The van der Waals surface area contributed by atoms with E-state index in [1.54, 1.807) is 14.0 Å². The maximum Gasteiger partial charge on any atom is 0.328 e. The summed E-state index contributed by atoms with van der Waals surface area (Å²) < 4.78 is 10.3. The Hall–Kier alpha value is -2.04. The first-order chi connectivity index (χ1) is 11.1. The van der Waals surface area contributed by atoms with Crippen LogP contribution in [-0.2, 0) is 20.9 Å². The standard InChI is InChI=1S/C18H25NO4/c1-13(19-17(20)15-6-4-3-5-7-15)18(21)23-12-14-8-10-16(22-2)11-9-14/h8-11,13,15H,3-7,12H2,1-2H3,(H,19,20). The number of ether oxygens (including phenoxy) is 2. The molecule has 1 saturated carbocycles. The fourth-order valence-corrected chi connectivity index (χ4v) is 2.76. The fourth-order valence-electron chi connectivity index (χ4n) is 2.76. The summed E-state index contributed by atoms with van der Waals surface area (Å²) in [4.78, 5) is 24.1. The summed E-state index contributed by atoms with van der Waals surface area (Å²) in [5, 5.41) is 2.77. The van der Waals surface area contributed by atoms with Gasteiger partial charge >= 0.3 is 5.97 Å². The summed E-state index contributed by atoms with van der Waals surface area (Å²) in [6.07, 6.45) is 5.21. The molecule has 0 heterocycles. The van der Waals surface area contributed by atoms with E-state index < -0.39 is 12.0 Å². The third-order valence-corrected chi connectivity index (χ3v) is 4.23. The molecule has 5 nitrogen and oxygen atoms in total. The van der Waals surface area contributed by atoms with Crippen molar-refractivity contribution in [3.05, 3.63) is 29.8 Å². The summed E-state index contributed by atoms with van der Waals surface area (Å²) >= 11 is 0. The molecule has 1 aromatic rings. The molecule has 5 heteroatoms. The second-order valence-electron chi connectivity index (χ2n) is 6.02. The molecular weight excluding hydrogens is 294 g/mol. The summed E-state index contributed by atoms with van der Waals surface area (Å²) in [6, 6.07) is 6.70. The smallest absolute Gasteiger partial charge is 0.328 e. The highest BCUT2D eigenvalue weighted by Gasteiger charge is 2.24. The Morgan fingerprint density at radius 1 is 1.17 bits per heavy atom. The number of rotatable bonds is 6. The quantitative estimate of drug-likeness (QED) is 0.819. The number of hydrogen-bond donors (Lipinski definition) is 1. The van der Waals surface area contributed by atoms with Crippen molar-refractivity contribution in [2.24, 2.45) is 5.92 Å². The molecule has 1 atom stereocenters. The zero-order valence-electron chi connectivity index (χ0n) is 13.8. The highest BCUT2D eigenvalue weighted by atomic mass is 16.5. The molecule has 0 bridgehead atoms. The van der Waals surface area contributed by atoms with Crippen LogP contribution in [0.25, 0.3) is 0 Å². The van der Waals surface area contributed by atoms with Crippen molar-refractivity contribution in [3.8, 4) is 5.75 Å². The summed E-state index contributed by atoms with van der Waals surface area (Å²) in [7, 11) is 1.60. The average Bonchev–Trinajstić information content (AvgIpc) is 2.60. The Bertz CT molecular complexity index is 520. The molecule has 23 heavy (non-hydrogen) atoms. The highest BCUT2D eigenvalue weighted by Crippen LogP contribution is 2.23. The Labute approximate surface area is 137 Å². The van der Waals surface area contributed by atoms with Crippen LogP contribution in [0.2, 0.25) is 0 Å². The van der Waals surface area contributed by atoms with E-state index >= 15 is 0 Å². The SMILES string of the molecule is COc1ccc(COC(=O)C(C)NC(=O)C2CCCCC2)cc1. The Balaban J connectivity index is 1.76. The van der Waals surface area contributed by atoms with Crippen molar-refractivity contribution >= 4 is 11.9 Å². The van der Waals surface area contributed by atoms with Gasteiger partial charge in [-0.05, 0) is 37.5 Å². The van der Waals surface area contributed by atoms with Crippen LogP contribution in [-0.4, -0.2) is 25.0 Å². The average molecular weight is 319 g/mol. The molecule has 2 rings (SSSR count). The van der Waals surface area contributed by atoms with Crippen molar-refractivity contribution in [2.45, 2.75) is 51.7 Å². The minimum atomic E-state index is -0.623. The first-order valence-electron chi connectivity index (χ1n) is 8.20. The van der Waals surface area contributed by atoms with Crippen LogP contribution in [0.3, 0.4) is 0 Å². The number of benzene rings is 1. The lowest BCUT2D eigenvalue weighted by Crippen LogP contribution is -2.42.